The molecule has 0 saturated heterocycles. The lowest BCUT2D eigenvalue weighted by atomic mass is 10.1. The van der Waals surface area contributed by atoms with E-state index in [2.05, 4.69) is 5.32 Å². The lowest BCUT2D eigenvalue weighted by Gasteiger charge is -2.32. The van der Waals surface area contributed by atoms with Gasteiger partial charge in [-0.05, 0) is 69.0 Å². The molecule has 38 heavy (non-hydrogen) atoms. The first kappa shape index (κ1) is 28.9. The molecule has 1 N–H and O–H groups in total. The van der Waals surface area contributed by atoms with Crippen molar-refractivity contribution in [3.8, 4) is 0 Å². The van der Waals surface area contributed by atoms with Crippen molar-refractivity contribution < 1.29 is 18.0 Å². The topological polar surface area (TPSA) is 86.8 Å². The number of benzene rings is 3. The van der Waals surface area contributed by atoms with Crippen LogP contribution < -0.4 is 9.62 Å². The van der Waals surface area contributed by atoms with Crippen molar-refractivity contribution in [3.05, 3.63) is 95.1 Å². The SMILES string of the molecule is CCCNC(=O)[C@H](C)N(Cc1cccc(C)c1)C(=O)CN(c1cccc(C)c1C)S(=O)(=O)c1ccccc1. The summed E-state index contributed by atoms with van der Waals surface area (Å²) in [6, 6.07) is 20.4. The second-order valence-electron chi connectivity index (χ2n) is 9.52. The molecular weight excluding hydrogens is 498 g/mol. The van der Waals surface area contributed by atoms with Gasteiger partial charge in [-0.25, -0.2) is 8.42 Å². The Bertz CT molecular complexity index is 1370. The fourth-order valence-electron chi connectivity index (χ4n) is 4.22. The van der Waals surface area contributed by atoms with E-state index in [0.717, 1.165) is 33.0 Å². The molecule has 0 aliphatic carbocycles. The molecule has 0 spiro atoms. The van der Waals surface area contributed by atoms with Gasteiger partial charge in [-0.3, -0.25) is 13.9 Å². The molecular formula is C30H37N3O4S. The first-order valence-corrected chi connectivity index (χ1v) is 14.3. The monoisotopic (exact) mass is 535 g/mol. The maximum Gasteiger partial charge on any atom is 0.264 e. The van der Waals surface area contributed by atoms with Crippen LogP contribution in [0.2, 0.25) is 0 Å². The molecule has 0 saturated carbocycles. The lowest BCUT2D eigenvalue weighted by Crippen LogP contribution is -2.51. The number of hydrogen-bond donors (Lipinski definition) is 1. The van der Waals surface area contributed by atoms with Gasteiger partial charge in [0.15, 0.2) is 0 Å². The number of carbonyl (C=O) groups is 2. The summed E-state index contributed by atoms with van der Waals surface area (Å²) in [7, 11) is -4.08. The van der Waals surface area contributed by atoms with Crippen LogP contribution >= 0.6 is 0 Å². The van der Waals surface area contributed by atoms with Crippen LogP contribution in [0.1, 0.15) is 42.5 Å². The third kappa shape index (κ3) is 6.81. The van der Waals surface area contributed by atoms with Gasteiger partial charge in [0.05, 0.1) is 10.6 Å². The van der Waals surface area contributed by atoms with E-state index in [-0.39, 0.29) is 17.3 Å². The summed E-state index contributed by atoms with van der Waals surface area (Å²) in [5.41, 5.74) is 3.99. The van der Waals surface area contributed by atoms with Crippen LogP contribution in [0.4, 0.5) is 5.69 Å². The first-order chi connectivity index (χ1) is 18.1. The molecule has 0 unspecified atom stereocenters. The predicted octanol–water partition coefficient (Wildman–Crippen LogP) is 4.75. The second kappa shape index (κ2) is 12.7. The largest absolute Gasteiger partial charge is 0.354 e. The second-order valence-corrected chi connectivity index (χ2v) is 11.4. The van der Waals surface area contributed by atoms with E-state index >= 15 is 0 Å². The zero-order valence-electron chi connectivity index (χ0n) is 22.8. The van der Waals surface area contributed by atoms with Gasteiger partial charge in [-0.2, -0.15) is 0 Å². The van der Waals surface area contributed by atoms with Crippen molar-refractivity contribution in [2.24, 2.45) is 0 Å². The molecule has 0 bridgehead atoms. The van der Waals surface area contributed by atoms with Crippen LogP contribution in [-0.4, -0.2) is 44.3 Å². The van der Waals surface area contributed by atoms with E-state index in [4.69, 9.17) is 0 Å². The highest BCUT2D eigenvalue weighted by atomic mass is 32.2. The van der Waals surface area contributed by atoms with E-state index in [0.29, 0.717) is 12.2 Å². The van der Waals surface area contributed by atoms with E-state index in [1.807, 2.05) is 58.0 Å². The molecule has 202 valence electrons. The van der Waals surface area contributed by atoms with Crippen molar-refractivity contribution in [2.45, 2.75) is 58.5 Å². The summed E-state index contributed by atoms with van der Waals surface area (Å²) in [5.74, 6) is -0.747. The Kier molecular flexibility index (Phi) is 9.69. The number of hydrogen-bond acceptors (Lipinski definition) is 4. The minimum absolute atomic E-state index is 0.0904. The Hall–Kier alpha value is -3.65. The molecule has 0 aromatic heterocycles. The quantitative estimate of drug-likeness (QED) is 0.384. The molecule has 0 aliphatic rings. The number of nitrogens with one attached hydrogen (secondary N) is 1. The zero-order chi connectivity index (χ0) is 27.9. The summed E-state index contributed by atoms with van der Waals surface area (Å²) < 4.78 is 28.9. The van der Waals surface area contributed by atoms with E-state index in [1.54, 1.807) is 37.3 Å². The van der Waals surface area contributed by atoms with Gasteiger partial charge in [0.1, 0.15) is 12.6 Å². The molecule has 0 radical (unpaired) electrons. The Morgan fingerprint density at radius 2 is 1.61 bits per heavy atom. The van der Waals surface area contributed by atoms with Gasteiger partial charge in [0, 0.05) is 13.1 Å². The molecule has 3 rings (SSSR count). The Morgan fingerprint density at radius 3 is 2.26 bits per heavy atom. The standard InChI is InChI=1S/C30H37N3O4S/c1-6-18-31-30(35)25(5)32(20-26-14-10-12-22(2)19-26)29(34)21-33(28-17-11-13-23(3)24(28)4)38(36,37)27-15-8-7-9-16-27/h7-17,19,25H,6,18,20-21H2,1-5H3,(H,31,35)/t25-/m0/s1. The molecule has 3 aromatic carbocycles. The molecule has 0 heterocycles. The number of anilines is 1. The first-order valence-electron chi connectivity index (χ1n) is 12.8. The molecule has 1 atom stereocenters. The van der Waals surface area contributed by atoms with Crippen LogP contribution in [0, 0.1) is 20.8 Å². The van der Waals surface area contributed by atoms with Gasteiger partial charge in [0.25, 0.3) is 10.0 Å². The molecule has 0 fully saturated rings. The summed E-state index contributed by atoms with van der Waals surface area (Å²) in [6.45, 7) is 9.55. The van der Waals surface area contributed by atoms with Crippen LogP contribution in [-0.2, 0) is 26.2 Å². The molecule has 0 aliphatic heterocycles. The lowest BCUT2D eigenvalue weighted by molar-refractivity contribution is -0.139. The minimum Gasteiger partial charge on any atom is -0.354 e. The van der Waals surface area contributed by atoms with E-state index in [9.17, 15) is 18.0 Å². The number of nitrogens with zero attached hydrogens (tertiary/aromatic N) is 2. The Labute approximate surface area is 226 Å². The Morgan fingerprint density at radius 1 is 0.921 bits per heavy atom. The van der Waals surface area contributed by atoms with Crippen LogP contribution in [0.25, 0.3) is 0 Å². The summed E-state index contributed by atoms with van der Waals surface area (Å²) in [5, 5.41) is 2.86. The third-order valence-corrected chi connectivity index (χ3v) is 8.38. The maximum atomic E-state index is 13.9. The van der Waals surface area contributed by atoms with Crippen LogP contribution in [0.3, 0.4) is 0 Å². The maximum absolute atomic E-state index is 13.9. The molecule has 8 heteroatoms. The van der Waals surface area contributed by atoms with Gasteiger partial charge in [0.2, 0.25) is 11.8 Å². The van der Waals surface area contributed by atoms with Gasteiger partial charge < -0.3 is 10.2 Å². The minimum atomic E-state index is -4.08. The smallest absolute Gasteiger partial charge is 0.264 e. The van der Waals surface area contributed by atoms with E-state index < -0.39 is 28.5 Å². The van der Waals surface area contributed by atoms with Gasteiger partial charge in [-0.1, -0.05) is 67.1 Å². The van der Waals surface area contributed by atoms with Crippen LogP contribution in [0.5, 0.6) is 0 Å². The van der Waals surface area contributed by atoms with E-state index in [1.165, 1.54) is 17.0 Å². The van der Waals surface area contributed by atoms with Gasteiger partial charge >= 0.3 is 0 Å². The number of rotatable bonds is 11. The number of sulfonamides is 1. The number of carbonyl (C=O) groups excluding carboxylic acids is 2. The van der Waals surface area contributed by atoms with Crippen molar-refractivity contribution in [3.63, 3.8) is 0 Å². The molecule has 2 amide bonds. The highest BCUT2D eigenvalue weighted by molar-refractivity contribution is 7.92. The van der Waals surface area contributed by atoms with Crippen molar-refractivity contribution in [1.29, 1.82) is 0 Å². The van der Waals surface area contributed by atoms with Crippen molar-refractivity contribution in [2.75, 3.05) is 17.4 Å². The van der Waals surface area contributed by atoms with Crippen molar-refractivity contribution in [1.82, 2.24) is 10.2 Å². The molecule has 3 aromatic rings. The van der Waals surface area contributed by atoms with Gasteiger partial charge in [-0.15, -0.1) is 0 Å². The summed E-state index contributed by atoms with van der Waals surface area (Å²) >= 11 is 0. The fraction of sp³-hybridized carbons (Fsp3) is 0.333. The van der Waals surface area contributed by atoms with Crippen molar-refractivity contribution >= 4 is 27.5 Å². The summed E-state index contributed by atoms with van der Waals surface area (Å²) in [4.78, 5) is 28.4. The van der Waals surface area contributed by atoms with Crippen LogP contribution in [0.15, 0.2) is 77.7 Å². The highest BCUT2D eigenvalue weighted by Crippen LogP contribution is 2.29. The zero-order valence-corrected chi connectivity index (χ0v) is 23.6. The fourth-order valence-corrected chi connectivity index (χ4v) is 5.72. The Balaban J connectivity index is 2.05. The third-order valence-electron chi connectivity index (χ3n) is 6.61. The highest BCUT2D eigenvalue weighted by Gasteiger charge is 2.33. The number of aryl methyl sites for hydroxylation is 2. The average molecular weight is 536 g/mol. The normalized spacial score (nSPS) is 12.0. The average Bonchev–Trinajstić information content (AvgIpc) is 2.90. The molecule has 7 nitrogen and oxygen atoms in total. The predicted molar refractivity (Wildman–Crippen MR) is 151 cm³/mol. The summed E-state index contributed by atoms with van der Waals surface area (Å²) in [6.07, 6.45) is 0.764. The number of amides is 2.